The van der Waals surface area contributed by atoms with Crippen molar-refractivity contribution < 1.29 is 9.84 Å². The van der Waals surface area contributed by atoms with Gasteiger partial charge in [0.15, 0.2) is 0 Å². The number of hydrogen-bond acceptors (Lipinski definition) is 4. The lowest BCUT2D eigenvalue weighted by atomic mass is 9.73. The van der Waals surface area contributed by atoms with E-state index in [0.717, 1.165) is 25.7 Å². The molecule has 0 spiro atoms. The Balaban J connectivity index is 2.18. The van der Waals surface area contributed by atoms with E-state index in [0.29, 0.717) is 23.4 Å². The van der Waals surface area contributed by atoms with Crippen molar-refractivity contribution >= 4 is 0 Å². The Morgan fingerprint density at radius 3 is 2.44 bits per heavy atom. The maximum absolute atomic E-state index is 10.8. The van der Waals surface area contributed by atoms with Gasteiger partial charge in [-0.05, 0) is 37.5 Å². The third kappa shape index (κ3) is 2.48. The Bertz CT molecular complexity index is 399. The summed E-state index contributed by atoms with van der Waals surface area (Å²) in [6.07, 6.45) is 6.76. The summed E-state index contributed by atoms with van der Waals surface area (Å²) in [4.78, 5) is 8.40. The van der Waals surface area contributed by atoms with Crippen molar-refractivity contribution in [3.63, 3.8) is 0 Å². The molecule has 0 bridgehead atoms. The van der Waals surface area contributed by atoms with Gasteiger partial charge in [0.1, 0.15) is 11.3 Å². The fourth-order valence-corrected chi connectivity index (χ4v) is 2.82. The average Bonchev–Trinajstić information content (AvgIpc) is 2.39. The van der Waals surface area contributed by atoms with Crippen LogP contribution in [0.5, 0.6) is 5.88 Å². The highest BCUT2D eigenvalue weighted by molar-refractivity contribution is 5.24. The summed E-state index contributed by atoms with van der Waals surface area (Å²) in [6, 6.07) is 0. The van der Waals surface area contributed by atoms with Crippen molar-refractivity contribution in [1.82, 2.24) is 9.97 Å². The molecule has 0 radical (unpaired) electrons. The molecule has 1 fully saturated rings. The van der Waals surface area contributed by atoms with Crippen molar-refractivity contribution in [1.29, 1.82) is 0 Å². The number of ether oxygens (including phenoxy) is 1. The fraction of sp³-hybridized carbons (Fsp3) is 0.714. The second-order valence-corrected chi connectivity index (χ2v) is 5.53. The molecule has 4 nitrogen and oxygen atoms in total. The minimum atomic E-state index is -0.870. The topological polar surface area (TPSA) is 55.2 Å². The molecule has 0 unspecified atom stereocenters. The monoisotopic (exact) mass is 250 g/mol. The van der Waals surface area contributed by atoms with E-state index in [2.05, 4.69) is 23.8 Å². The van der Waals surface area contributed by atoms with Crippen LogP contribution in [-0.4, -0.2) is 22.2 Å². The summed E-state index contributed by atoms with van der Waals surface area (Å²) < 4.78 is 5.20. The molecule has 1 aromatic rings. The summed E-state index contributed by atoms with van der Waals surface area (Å²) in [5, 5.41) is 10.8. The Morgan fingerprint density at radius 2 is 1.89 bits per heavy atom. The van der Waals surface area contributed by atoms with E-state index in [1.54, 1.807) is 19.5 Å². The van der Waals surface area contributed by atoms with Crippen LogP contribution in [0.25, 0.3) is 0 Å². The van der Waals surface area contributed by atoms with Crippen LogP contribution in [0.1, 0.15) is 45.2 Å². The van der Waals surface area contributed by atoms with Crippen LogP contribution >= 0.6 is 0 Å². The van der Waals surface area contributed by atoms with E-state index in [-0.39, 0.29) is 0 Å². The minimum Gasteiger partial charge on any atom is -0.480 e. The van der Waals surface area contributed by atoms with E-state index < -0.39 is 5.60 Å². The van der Waals surface area contributed by atoms with E-state index in [4.69, 9.17) is 4.74 Å². The quantitative estimate of drug-likeness (QED) is 0.895. The first kappa shape index (κ1) is 13.3. The second-order valence-electron chi connectivity index (χ2n) is 5.53. The molecule has 1 aliphatic carbocycles. The number of methoxy groups -OCH3 is 1. The number of nitrogens with zero attached hydrogens (tertiary/aromatic N) is 2. The zero-order chi connectivity index (χ0) is 13.2. The minimum absolute atomic E-state index is 0.447. The summed E-state index contributed by atoms with van der Waals surface area (Å²) in [7, 11) is 1.57. The smallest absolute Gasteiger partial charge is 0.238 e. The van der Waals surface area contributed by atoms with E-state index in [1.807, 2.05) is 0 Å². The third-order valence-electron chi connectivity index (χ3n) is 4.10. The molecule has 4 heteroatoms. The largest absolute Gasteiger partial charge is 0.480 e. The van der Waals surface area contributed by atoms with Crippen molar-refractivity contribution in [2.24, 2.45) is 11.8 Å². The van der Waals surface area contributed by atoms with Crippen LogP contribution in [0.3, 0.4) is 0 Å². The number of aliphatic hydroxyl groups is 1. The first-order chi connectivity index (χ1) is 8.57. The molecule has 100 valence electrons. The first-order valence-electron chi connectivity index (χ1n) is 6.64. The van der Waals surface area contributed by atoms with Crippen LogP contribution in [-0.2, 0) is 5.60 Å². The molecule has 0 atom stereocenters. The Morgan fingerprint density at radius 1 is 1.28 bits per heavy atom. The molecular formula is C14H22N2O2. The maximum Gasteiger partial charge on any atom is 0.238 e. The molecule has 1 aromatic heterocycles. The van der Waals surface area contributed by atoms with Gasteiger partial charge >= 0.3 is 0 Å². The second kappa shape index (κ2) is 5.22. The third-order valence-corrected chi connectivity index (χ3v) is 4.10. The SMILES string of the molecule is COc1nccnc1C1(O)CCC(C(C)C)CC1. The van der Waals surface area contributed by atoms with Gasteiger partial charge < -0.3 is 9.84 Å². The normalized spacial score (nSPS) is 28.4. The van der Waals surface area contributed by atoms with Gasteiger partial charge in [0.2, 0.25) is 5.88 Å². The summed E-state index contributed by atoms with van der Waals surface area (Å²) in [5.41, 5.74) is -0.278. The molecule has 1 N–H and O–H groups in total. The van der Waals surface area contributed by atoms with Crippen molar-refractivity contribution in [2.45, 2.75) is 45.1 Å². The van der Waals surface area contributed by atoms with Gasteiger partial charge in [-0.1, -0.05) is 13.8 Å². The highest BCUT2D eigenvalue weighted by atomic mass is 16.5. The Labute approximate surface area is 108 Å². The summed E-state index contributed by atoms with van der Waals surface area (Å²) in [6.45, 7) is 4.50. The maximum atomic E-state index is 10.8. The molecule has 0 amide bonds. The lowest BCUT2D eigenvalue weighted by molar-refractivity contribution is -0.0258. The highest BCUT2D eigenvalue weighted by Gasteiger charge is 2.39. The van der Waals surface area contributed by atoms with Crippen LogP contribution in [0, 0.1) is 11.8 Å². The molecular weight excluding hydrogens is 228 g/mol. The van der Waals surface area contributed by atoms with Crippen LogP contribution in [0.15, 0.2) is 12.4 Å². The predicted octanol–water partition coefficient (Wildman–Crippen LogP) is 2.52. The van der Waals surface area contributed by atoms with Crippen LogP contribution in [0.2, 0.25) is 0 Å². The van der Waals surface area contributed by atoms with E-state index in [1.165, 1.54) is 0 Å². The molecule has 2 rings (SSSR count). The summed E-state index contributed by atoms with van der Waals surface area (Å²) in [5.74, 6) is 1.83. The van der Waals surface area contributed by atoms with Crippen molar-refractivity contribution in [3.05, 3.63) is 18.1 Å². The Kier molecular flexibility index (Phi) is 3.85. The van der Waals surface area contributed by atoms with Gasteiger partial charge in [-0.25, -0.2) is 4.98 Å². The predicted molar refractivity (Wildman–Crippen MR) is 69.3 cm³/mol. The average molecular weight is 250 g/mol. The van der Waals surface area contributed by atoms with Gasteiger partial charge in [0.25, 0.3) is 0 Å². The van der Waals surface area contributed by atoms with Crippen molar-refractivity contribution in [2.75, 3.05) is 7.11 Å². The van der Waals surface area contributed by atoms with Crippen LogP contribution < -0.4 is 4.74 Å². The first-order valence-corrected chi connectivity index (χ1v) is 6.64. The fourth-order valence-electron chi connectivity index (χ4n) is 2.82. The molecule has 1 saturated carbocycles. The zero-order valence-corrected chi connectivity index (χ0v) is 11.4. The molecule has 1 heterocycles. The molecule has 0 aliphatic heterocycles. The number of hydrogen-bond donors (Lipinski definition) is 1. The van der Waals surface area contributed by atoms with Crippen molar-refractivity contribution in [3.8, 4) is 5.88 Å². The van der Waals surface area contributed by atoms with Crippen LogP contribution in [0.4, 0.5) is 0 Å². The van der Waals surface area contributed by atoms with Gasteiger partial charge in [-0.2, -0.15) is 0 Å². The lowest BCUT2D eigenvalue weighted by Gasteiger charge is -2.37. The van der Waals surface area contributed by atoms with Gasteiger partial charge in [-0.15, -0.1) is 0 Å². The van der Waals surface area contributed by atoms with Gasteiger partial charge in [-0.3, -0.25) is 4.98 Å². The molecule has 0 saturated heterocycles. The number of aromatic nitrogens is 2. The molecule has 0 aromatic carbocycles. The molecule has 1 aliphatic rings. The zero-order valence-electron chi connectivity index (χ0n) is 11.4. The van der Waals surface area contributed by atoms with E-state index >= 15 is 0 Å². The highest BCUT2D eigenvalue weighted by Crippen LogP contribution is 2.42. The molecule has 18 heavy (non-hydrogen) atoms. The Hall–Kier alpha value is -1.16. The summed E-state index contributed by atoms with van der Waals surface area (Å²) >= 11 is 0. The number of rotatable bonds is 3. The lowest BCUT2D eigenvalue weighted by Crippen LogP contribution is -2.34. The van der Waals surface area contributed by atoms with Gasteiger partial charge in [0, 0.05) is 12.4 Å². The van der Waals surface area contributed by atoms with E-state index in [9.17, 15) is 5.11 Å². The van der Waals surface area contributed by atoms with Gasteiger partial charge in [0.05, 0.1) is 7.11 Å². The standard InChI is InChI=1S/C14H22N2O2/c1-10(2)11-4-6-14(17,7-5-11)12-13(18-3)16-9-8-15-12/h8-11,17H,4-7H2,1-3H3.